The molecule has 166 valence electrons. The lowest BCUT2D eigenvalue weighted by Gasteiger charge is -2.16. The smallest absolute Gasteiger partial charge is 0.258 e. The average molecular weight is 478 g/mol. The van der Waals surface area contributed by atoms with E-state index in [1.54, 1.807) is 43.9 Å². The van der Waals surface area contributed by atoms with E-state index in [0.29, 0.717) is 34.5 Å². The van der Waals surface area contributed by atoms with Crippen LogP contribution in [-0.4, -0.2) is 38.4 Å². The molecule has 1 atom stereocenters. The Morgan fingerprint density at radius 3 is 2.64 bits per heavy atom. The van der Waals surface area contributed by atoms with Crippen LogP contribution in [0.2, 0.25) is 0 Å². The van der Waals surface area contributed by atoms with Crippen molar-refractivity contribution in [3.05, 3.63) is 88.0 Å². The molecule has 0 spiro atoms. The maximum atomic E-state index is 12.8. The van der Waals surface area contributed by atoms with E-state index in [-0.39, 0.29) is 5.56 Å². The summed E-state index contributed by atoms with van der Waals surface area (Å²) in [7, 11) is 3.17. The predicted molar refractivity (Wildman–Crippen MR) is 130 cm³/mol. The number of pyridine rings is 1. The van der Waals surface area contributed by atoms with E-state index in [1.165, 1.54) is 10.5 Å². The van der Waals surface area contributed by atoms with Gasteiger partial charge >= 0.3 is 0 Å². The van der Waals surface area contributed by atoms with E-state index in [2.05, 4.69) is 15.2 Å². The molecule has 33 heavy (non-hydrogen) atoms. The number of thiophene rings is 1. The molecule has 4 heterocycles. The summed E-state index contributed by atoms with van der Waals surface area (Å²) in [6, 6.07) is 16.5. The second-order valence-corrected chi connectivity index (χ2v) is 8.55. The van der Waals surface area contributed by atoms with Gasteiger partial charge in [0.15, 0.2) is 11.6 Å². The number of rotatable bonds is 6. The molecule has 0 aliphatic rings. The summed E-state index contributed by atoms with van der Waals surface area (Å²) in [6.07, 6.45) is 1.61. The van der Waals surface area contributed by atoms with E-state index in [1.807, 2.05) is 46.3 Å². The number of methoxy groups -OCH3 is 2. The number of benzene rings is 1. The molecule has 0 amide bonds. The van der Waals surface area contributed by atoms with Gasteiger partial charge in [0, 0.05) is 6.07 Å². The second-order valence-electron chi connectivity index (χ2n) is 7.09. The Labute approximate surface area is 198 Å². The first-order valence-corrected chi connectivity index (χ1v) is 11.4. The fourth-order valence-electron chi connectivity index (χ4n) is 3.59. The van der Waals surface area contributed by atoms with Gasteiger partial charge in [-0.15, -0.1) is 21.5 Å². The number of hydrogen-bond donors (Lipinski definition) is 1. The highest BCUT2D eigenvalue weighted by atomic mass is 32.1. The van der Waals surface area contributed by atoms with Gasteiger partial charge in [0.1, 0.15) is 22.4 Å². The van der Waals surface area contributed by atoms with Crippen LogP contribution in [0.25, 0.3) is 22.0 Å². The van der Waals surface area contributed by atoms with Crippen molar-refractivity contribution in [3.8, 4) is 27.9 Å². The van der Waals surface area contributed by atoms with E-state index in [9.17, 15) is 4.79 Å². The van der Waals surface area contributed by atoms with Crippen LogP contribution in [0.3, 0.4) is 0 Å². The second kappa shape index (κ2) is 8.72. The highest BCUT2D eigenvalue weighted by Gasteiger charge is 2.25. The molecular formula is C23H19N5O3S2. The highest BCUT2D eigenvalue weighted by molar-refractivity contribution is 7.80. The van der Waals surface area contributed by atoms with E-state index in [4.69, 9.17) is 22.1 Å². The Hall–Kier alpha value is -3.63. The minimum absolute atomic E-state index is 0.241. The summed E-state index contributed by atoms with van der Waals surface area (Å²) >= 11 is 6.38. The van der Waals surface area contributed by atoms with Gasteiger partial charge in [0.05, 0.1) is 36.7 Å². The lowest BCUT2D eigenvalue weighted by atomic mass is 10.2. The molecule has 0 aliphatic heterocycles. The highest BCUT2D eigenvalue weighted by Crippen LogP contribution is 2.35. The van der Waals surface area contributed by atoms with Gasteiger partial charge in [-0.1, -0.05) is 18.2 Å². The Morgan fingerprint density at radius 1 is 1.03 bits per heavy atom. The molecule has 4 aromatic heterocycles. The number of nitrogens with zero attached hydrogens (tertiary/aromatic N) is 5. The zero-order valence-corrected chi connectivity index (χ0v) is 19.5. The molecule has 10 heteroatoms. The summed E-state index contributed by atoms with van der Waals surface area (Å²) < 4.78 is 14.2. The summed E-state index contributed by atoms with van der Waals surface area (Å²) in [5, 5.41) is 10.3. The third-order valence-corrected chi connectivity index (χ3v) is 6.53. The van der Waals surface area contributed by atoms with Crippen LogP contribution in [0, 0.1) is 0 Å². The predicted octanol–water partition coefficient (Wildman–Crippen LogP) is 4.04. The number of fused-ring (bicyclic) bond motifs is 1. The molecule has 1 unspecified atom stereocenters. The van der Waals surface area contributed by atoms with Gasteiger partial charge in [-0.05, 0) is 35.7 Å². The number of aromatic nitrogens is 5. The van der Waals surface area contributed by atoms with Crippen molar-refractivity contribution in [1.82, 2.24) is 24.1 Å². The number of ether oxygens (including phenoxy) is 2. The fraction of sp³-hybridized carbons (Fsp3) is 0.130. The molecule has 8 nitrogen and oxygen atoms in total. The topological polar surface area (TPSA) is 83.5 Å². The maximum Gasteiger partial charge on any atom is 0.258 e. The third-order valence-electron chi connectivity index (χ3n) is 5.17. The van der Waals surface area contributed by atoms with Crippen molar-refractivity contribution in [2.24, 2.45) is 0 Å². The molecule has 0 bridgehead atoms. The molecule has 0 saturated carbocycles. The lowest BCUT2D eigenvalue weighted by Crippen LogP contribution is -2.17. The molecule has 0 N–H and O–H groups in total. The average Bonchev–Trinajstić information content (AvgIpc) is 3.53. The summed E-state index contributed by atoms with van der Waals surface area (Å²) in [5.74, 6) is 2.41. The van der Waals surface area contributed by atoms with Crippen molar-refractivity contribution in [2.45, 2.75) is 5.25 Å². The fourth-order valence-corrected chi connectivity index (χ4v) is 4.58. The first kappa shape index (κ1) is 21.2. The number of thiol groups is 1. The van der Waals surface area contributed by atoms with E-state index in [0.717, 1.165) is 10.6 Å². The summed E-state index contributed by atoms with van der Waals surface area (Å²) in [5.41, 5.74) is 1.48. The molecule has 0 fully saturated rings. The van der Waals surface area contributed by atoms with Crippen molar-refractivity contribution in [1.29, 1.82) is 0 Å². The van der Waals surface area contributed by atoms with Crippen LogP contribution in [0.1, 0.15) is 16.8 Å². The largest absolute Gasteiger partial charge is 0.495 e. The SMILES string of the molecule is COc1ccc2nc(C(S)c3nnc(-c4cccs4)n3-c3ccccc3OC)cc(=O)n2c1. The Morgan fingerprint density at radius 2 is 1.88 bits per heavy atom. The van der Waals surface area contributed by atoms with Crippen LogP contribution >= 0.6 is 24.0 Å². The van der Waals surface area contributed by atoms with Gasteiger partial charge < -0.3 is 9.47 Å². The van der Waals surface area contributed by atoms with Gasteiger partial charge in [-0.3, -0.25) is 13.8 Å². The minimum Gasteiger partial charge on any atom is -0.495 e. The molecular weight excluding hydrogens is 458 g/mol. The monoisotopic (exact) mass is 477 g/mol. The first-order valence-electron chi connectivity index (χ1n) is 9.98. The molecule has 1 aromatic carbocycles. The van der Waals surface area contributed by atoms with Crippen molar-refractivity contribution < 1.29 is 9.47 Å². The maximum absolute atomic E-state index is 12.8. The standard InChI is InChI=1S/C23H19N5O3S2/c1-30-14-9-10-19-24-15(12-20(29)27(19)13-14)21(32)23-26-25-22(18-8-5-11-33-18)28(23)16-6-3-4-7-17(16)31-2/h3-13,21,32H,1-2H3. The quantitative estimate of drug-likeness (QED) is 0.372. The Kier molecular flexibility index (Phi) is 5.61. The molecule has 5 rings (SSSR count). The Balaban J connectivity index is 1.69. The van der Waals surface area contributed by atoms with E-state index >= 15 is 0 Å². The van der Waals surface area contributed by atoms with Crippen molar-refractivity contribution in [2.75, 3.05) is 14.2 Å². The van der Waals surface area contributed by atoms with Crippen LogP contribution in [0.5, 0.6) is 11.5 Å². The zero-order chi connectivity index (χ0) is 22.9. The molecule has 0 saturated heterocycles. The van der Waals surface area contributed by atoms with Crippen LogP contribution in [0.4, 0.5) is 0 Å². The van der Waals surface area contributed by atoms with Crippen molar-refractivity contribution >= 4 is 29.6 Å². The van der Waals surface area contributed by atoms with Gasteiger partial charge in [0.25, 0.3) is 5.56 Å². The third kappa shape index (κ3) is 3.77. The van der Waals surface area contributed by atoms with Gasteiger partial charge in [-0.25, -0.2) is 4.98 Å². The van der Waals surface area contributed by atoms with Gasteiger partial charge in [0.2, 0.25) is 0 Å². The minimum atomic E-state index is -0.615. The Bertz CT molecular complexity index is 1490. The molecule has 0 aliphatic carbocycles. The molecule has 5 aromatic rings. The van der Waals surface area contributed by atoms with E-state index < -0.39 is 5.25 Å². The lowest BCUT2D eigenvalue weighted by molar-refractivity contribution is 0.412. The zero-order valence-electron chi connectivity index (χ0n) is 17.7. The normalized spacial score (nSPS) is 12.1. The van der Waals surface area contributed by atoms with Crippen LogP contribution < -0.4 is 15.0 Å². The number of para-hydroxylation sites is 2. The first-order chi connectivity index (χ1) is 16.1. The van der Waals surface area contributed by atoms with Crippen LogP contribution in [0.15, 0.2) is 71.0 Å². The molecule has 0 radical (unpaired) electrons. The summed E-state index contributed by atoms with van der Waals surface area (Å²) in [4.78, 5) is 18.4. The summed E-state index contributed by atoms with van der Waals surface area (Å²) in [6.45, 7) is 0. The van der Waals surface area contributed by atoms with Gasteiger partial charge in [-0.2, -0.15) is 12.6 Å². The van der Waals surface area contributed by atoms with Crippen LogP contribution in [-0.2, 0) is 0 Å². The van der Waals surface area contributed by atoms with Crippen molar-refractivity contribution in [3.63, 3.8) is 0 Å². The number of hydrogen-bond acceptors (Lipinski definition) is 8.